The van der Waals surface area contributed by atoms with Gasteiger partial charge in [-0.3, -0.25) is 9.59 Å². The van der Waals surface area contributed by atoms with Gasteiger partial charge in [-0.25, -0.2) is 0 Å². The molecule has 1 saturated heterocycles. The molecule has 0 N–H and O–H groups in total. The molecule has 3 aliphatic rings. The zero-order valence-corrected chi connectivity index (χ0v) is 14.3. The quantitative estimate of drug-likeness (QED) is 0.853. The van der Waals surface area contributed by atoms with E-state index in [1.165, 1.54) is 12.8 Å². The Labute approximate surface area is 142 Å². The first kappa shape index (κ1) is 15.7. The second kappa shape index (κ2) is 6.61. The number of carbonyl (C=O) groups is 1. The van der Waals surface area contributed by atoms with Gasteiger partial charge in [-0.05, 0) is 50.9 Å². The molecule has 1 aromatic heterocycles. The Bertz CT molecular complexity index is 685. The van der Waals surface area contributed by atoms with E-state index in [-0.39, 0.29) is 11.5 Å². The number of amides is 1. The Morgan fingerprint density at radius 1 is 1.08 bits per heavy atom. The van der Waals surface area contributed by atoms with E-state index in [0.717, 1.165) is 63.9 Å². The molecule has 130 valence electrons. The van der Waals surface area contributed by atoms with Crippen LogP contribution in [0.5, 0.6) is 5.75 Å². The Hall–Kier alpha value is -1.78. The van der Waals surface area contributed by atoms with E-state index < -0.39 is 0 Å². The summed E-state index contributed by atoms with van der Waals surface area (Å²) < 4.78 is 7.79. The number of hydrogen-bond donors (Lipinski definition) is 0. The summed E-state index contributed by atoms with van der Waals surface area (Å²) in [6, 6.07) is 1.56. The third-order valence-corrected chi connectivity index (χ3v) is 5.46. The van der Waals surface area contributed by atoms with Crippen molar-refractivity contribution in [3.8, 4) is 5.75 Å². The van der Waals surface area contributed by atoms with Crippen molar-refractivity contribution in [2.24, 2.45) is 5.92 Å². The fourth-order valence-electron chi connectivity index (χ4n) is 3.83. The fourth-order valence-corrected chi connectivity index (χ4v) is 3.83. The Kier molecular flexibility index (Phi) is 4.33. The number of hydrogen-bond acceptors (Lipinski definition) is 3. The molecule has 1 aliphatic carbocycles. The number of nitrogens with zero attached hydrogens (tertiary/aromatic N) is 2. The zero-order valence-electron chi connectivity index (χ0n) is 14.3. The summed E-state index contributed by atoms with van der Waals surface area (Å²) >= 11 is 0. The number of aromatic nitrogens is 1. The highest BCUT2D eigenvalue weighted by molar-refractivity contribution is 5.98. The van der Waals surface area contributed by atoms with E-state index in [0.29, 0.717) is 23.8 Å². The topological polar surface area (TPSA) is 51.5 Å². The van der Waals surface area contributed by atoms with Gasteiger partial charge in [-0.2, -0.15) is 0 Å². The molecule has 1 saturated carbocycles. The van der Waals surface area contributed by atoms with Crippen LogP contribution >= 0.6 is 0 Å². The van der Waals surface area contributed by atoms with E-state index in [2.05, 4.69) is 0 Å². The molecule has 2 fully saturated rings. The van der Waals surface area contributed by atoms with Crippen molar-refractivity contribution in [3.05, 3.63) is 27.7 Å². The van der Waals surface area contributed by atoms with Crippen LogP contribution in [0.25, 0.3) is 0 Å². The van der Waals surface area contributed by atoms with Gasteiger partial charge in [0.15, 0.2) is 0 Å². The van der Waals surface area contributed by atoms with Crippen LogP contribution in [0.4, 0.5) is 0 Å². The SMILES string of the molecule is O=C(c1c(OCC2CC2)cc(=O)n2c1CCCCC2)N1CCCC1. The average molecular weight is 330 g/mol. The maximum Gasteiger partial charge on any atom is 0.259 e. The highest BCUT2D eigenvalue weighted by atomic mass is 16.5. The van der Waals surface area contributed by atoms with Crippen molar-refractivity contribution >= 4 is 5.91 Å². The Balaban J connectivity index is 1.75. The fraction of sp³-hybridized carbons (Fsp3) is 0.684. The van der Waals surface area contributed by atoms with Crippen LogP contribution in [0.15, 0.2) is 10.9 Å². The summed E-state index contributed by atoms with van der Waals surface area (Å²) in [4.78, 5) is 27.6. The molecular formula is C19H26N2O3. The first-order valence-electron chi connectivity index (χ1n) is 9.43. The van der Waals surface area contributed by atoms with Gasteiger partial charge in [0, 0.05) is 31.4 Å². The third-order valence-electron chi connectivity index (χ3n) is 5.46. The van der Waals surface area contributed by atoms with Crippen LogP contribution in [0.2, 0.25) is 0 Å². The maximum atomic E-state index is 13.2. The molecule has 5 nitrogen and oxygen atoms in total. The summed E-state index contributed by atoms with van der Waals surface area (Å²) in [7, 11) is 0. The minimum absolute atomic E-state index is 0.0179. The van der Waals surface area contributed by atoms with Crippen LogP contribution in [-0.2, 0) is 13.0 Å². The molecule has 24 heavy (non-hydrogen) atoms. The highest BCUT2D eigenvalue weighted by Crippen LogP contribution is 2.32. The van der Waals surface area contributed by atoms with E-state index in [1.54, 1.807) is 6.07 Å². The lowest BCUT2D eigenvalue weighted by Crippen LogP contribution is -2.33. The molecule has 0 aromatic carbocycles. The van der Waals surface area contributed by atoms with Crippen LogP contribution in [0.1, 0.15) is 61.0 Å². The molecule has 5 heteroatoms. The number of rotatable bonds is 4. The van der Waals surface area contributed by atoms with Gasteiger partial charge in [0.2, 0.25) is 0 Å². The van der Waals surface area contributed by atoms with E-state index in [4.69, 9.17) is 4.74 Å². The van der Waals surface area contributed by atoms with Gasteiger partial charge >= 0.3 is 0 Å². The molecule has 0 unspecified atom stereocenters. The van der Waals surface area contributed by atoms with Crippen molar-refractivity contribution in [2.75, 3.05) is 19.7 Å². The van der Waals surface area contributed by atoms with Crippen molar-refractivity contribution in [1.29, 1.82) is 0 Å². The van der Waals surface area contributed by atoms with Crippen molar-refractivity contribution in [3.63, 3.8) is 0 Å². The van der Waals surface area contributed by atoms with Gasteiger partial charge in [0.05, 0.1) is 6.61 Å². The average Bonchev–Trinajstić information content (AvgIpc) is 3.31. The third kappa shape index (κ3) is 3.08. The van der Waals surface area contributed by atoms with Crippen molar-refractivity contribution in [2.45, 2.75) is 57.9 Å². The molecule has 0 radical (unpaired) electrons. The molecule has 4 rings (SSSR count). The lowest BCUT2D eigenvalue weighted by molar-refractivity contribution is 0.0785. The molecule has 2 aliphatic heterocycles. The smallest absolute Gasteiger partial charge is 0.259 e. The maximum absolute atomic E-state index is 13.2. The summed E-state index contributed by atoms with van der Waals surface area (Å²) in [5, 5.41) is 0. The first-order chi connectivity index (χ1) is 11.7. The molecule has 1 amide bonds. The zero-order chi connectivity index (χ0) is 16.5. The predicted octanol–water partition coefficient (Wildman–Crippen LogP) is 2.60. The molecule has 0 atom stereocenters. The summed E-state index contributed by atoms with van der Waals surface area (Å²) in [6.45, 7) is 2.99. The normalized spacial score (nSPS) is 20.6. The van der Waals surface area contributed by atoms with Crippen LogP contribution in [0, 0.1) is 5.92 Å². The number of fused-ring (bicyclic) bond motifs is 1. The van der Waals surface area contributed by atoms with Crippen LogP contribution in [-0.4, -0.2) is 35.1 Å². The van der Waals surface area contributed by atoms with Gasteiger partial charge in [0.25, 0.3) is 11.5 Å². The monoisotopic (exact) mass is 330 g/mol. The largest absolute Gasteiger partial charge is 0.492 e. The van der Waals surface area contributed by atoms with Gasteiger partial charge in [-0.1, -0.05) is 6.42 Å². The number of carbonyl (C=O) groups excluding carboxylic acids is 1. The molecule has 0 bridgehead atoms. The minimum atomic E-state index is -0.0179. The number of likely N-dealkylation sites (tertiary alicyclic amines) is 1. The Morgan fingerprint density at radius 2 is 1.83 bits per heavy atom. The second-order valence-corrected chi connectivity index (χ2v) is 7.38. The molecular weight excluding hydrogens is 304 g/mol. The van der Waals surface area contributed by atoms with E-state index in [1.807, 2.05) is 9.47 Å². The predicted molar refractivity (Wildman–Crippen MR) is 91.6 cm³/mol. The van der Waals surface area contributed by atoms with Crippen LogP contribution < -0.4 is 10.3 Å². The lowest BCUT2D eigenvalue weighted by atomic mass is 10.1. The highest BCUT2D eigenvalue weighted by Gasteiger charge is 2.30. The van der Waals surface area contributed by atoms with E-state index >= 15 is 0 Å². The molecule has 3 heterocycles. The van der Waals surface area contributed by atoms with Gasteiger partial charge in [-0.15, -0.1) is 0 Å². The van der Waals surface area contributed by atoms with Crippen molar-refractivity contribution < 1.29 is 9.53 Å². The first-order valence-corrected chi connectivity index (χ1v) is 9.43. The van der Waals surface area contributed by atoms with Crippen LogP contribution in [0.3, 0.4) is 0 Å². The molecule has 1 aromatic rings. The van der Waals surface area contributed by atoms with Crippen molar-refractivity contribution in [1.82, 2.24) is 9.47 Å². The second-order valence-electron chi connectivity index (χ2n) is 7.38. The standard InChI is InChI=1S/C19H26N2O3/c22-17-12-16(24-13-14-7-8-14)18(19(23)20-9-4-5-10-20)15-6-2-1-3-11-21(15)17/h12,14H,1-11,13H2. The van der Waals surface area contributed by atoms with E-state index in [9.17, 15) is 9.59 Å². The summed E-state index contributed by atoms with van der Waals surface area (Å²) in [5.41, 5.74) is 1.55. The van der Waals surface area contributed by atoms with Gasteiger partial charge in [0.1, 0.15) is 11.3 Å². The number of pyridine rings is 1. The minimum Gasteiger partial charge on any atom is -0.492 e. The number of ether oxygens (including phenoxy) is 1. The van der Waals surface area contributed by atoms with Gasteiger partial charge < -0.3 is 14.2 Å². The Morgan fingerprint density at radius 3 is 2.58 bits per heavy atom. The summed E-state index contributed by atoms with van der Waals surface area (Å²) in [6.07, 6.45) is 8.47. The summed E-state index contributed by atoms with van der Waals surface area (Å²) in [5.74, 6) is 1.18. The lowest BCUT2D eigenvalue weighted by Gasteiger charge is -2.22. The molecule has 0 spiro atoms.